The van der Waals surface area contributed by atoms with Crippen molar-refractivity contribution < 1.29 is 9.90 Å². The number of aliphatic hydroxyl groups excluding tert-OH is 1. The van der Waals surface area contributed by atoms with Crippen molar-refractivity contribution in [2.75, 3.05) is 11.9 Å². The lowest BCUT2D eigenvalue weighted by molar-refractivity contribution is -0.130. The van der Waals surface area contributed by atoms with Gasteiger partial charge in [-0.15, -0.1) is 0 Å². The molecule has 1 unspecified atom stereocenters. The fraction of sp³-hybridized carbons (Fsp3) is 0.909. The van der Waals surface area contributed by atoms with Crippen LogP contribution in [0.5, 0.6) is 0 Å². The quantitative estimate of drug-likeness (QED) is 0.777. The molecule has 0 bridgehead atoms. The third kappa shape index (κ3) is 2.53. The highest BCUT2D eigenvalue weighted by Gasteiger charge is 2.35. The summed E-state index contributed by atoms with van der Waals surface area (Å²) in [6.45, 7) is 0.908. The van der Waals surface area contributed by atoms with Gasteiger partial charge in [0.25, 0.3) is 0 Å². The van der Waals surface area contributed by atoms with Crippen LogP contribution in [-0.2, 0) is 4.79 Å². The van der Waals surface area contributed by atoms with Crippen molar-refractivity contribution in [3.05, 3.63) is 0 Å². The van der Waals surface area contributed by atoms with E-state index in [1.54, 1.807) is 0 Å². The van der Waals surface area contributed by atoms with Crippen LogP contribution in [0.1, 0.15) is 32.1 Å². The highest BCUT2D eigenvalue weighted by molar-refractivity contribution is 9.09. The number of amides is 1. The first-order valence-corrected chi connectivity index (χ1v) is 6.86. The zero-order valence-corrected chi connectivity index (χ0v) is 10.4. The molecule has 2 aliphatic rings. The Bertz CT molecular complexity index is 239. The zero-order valence-electron chi connectivity index (χ0n) is 8.86. The summed E-state index contributed by atoms with van der Waals surface area (Å²) >= 11 is 3.45. The molecule has 15 heavy (non-hydrogen) atoms. The standard InChI is InChI=1S/C11H18BrNO2/c12-6-8-5-11(15)13(7-8)9-1-3-10(14)4-2-9/h8-10,14H,1-7H2. The number of rotatable bonds is 2. The molecule has 86 valence electrons. The SMILES string of the molecule is O=C1CC(CBr)CN1C1CCC(O)CC1. The van der Waals surface area contributed by atoms with Crippen LogP contribution in [0.2, 0.25) is 0 Å². The van der Waals surface area contributed by atoms with Gasteiger partial charge >= 0.3 is 0 Å². The number of halogens is 1. The summed E-state index contributed by atoms with van der Waals surface area (Å²) in [7, 11) is 0. The van der Waals surface area contributed by atoms with Gasteiger partial charge in [-0.3, -0.25) is 4.79 Å². The monoisotopic (exact) mass is 275 g/mol. The number of aliphatic hydroxyl groups is 1. The molecule has 1 saturated carbocycles. The van der Waals surface area contributed by atoms with E-state index in [1.807, 2.05) is 4.90 Å². The molecule has 2 fully saturated rings. The fourth-order valence-corrected chi connectivity index (χ4v) is 3.07. The topological polar surface area (TPSA) is 40.5 Å². The van der Waals surface area contributed by atoms with Gasteiger partial charge in [-0.2, -0.15) is 0 Å². The molecule has 0 radical (unpaired) electrons. The van der Waals surface area contributed by atoms with E-state index in [1.165, 1.54) is 0 Å². The Morgan fingerprint density at radius 3 is 2.53 bits per heavy atom. The van der Waals surface area contributed by atoms with Gasteiger partial charge in [0, 0.05) is 24.3 Å². The van der Waals surface area contributed by atoms with Crippen molar-refractivity contribution in [3.8, 4) is 0 Å². The first-order chi connectivity index (χ1) is 7.20. The maximum Gasteiger partial charge on any atom is 0.223 e. The molecule has 1 aliphatic carbocycles. The van der Waals surface area contributed by atoms with Crippen LogP contribution in [0.4, 0.5) is 0 Å². The fourth-order valence-electron chi connectivity index (χ4n) is 2.63. The van der Waals surface area contributed by atoms with Crippen molar-refractivity contribution in [2.24, 2.45) is 5.92 Å². The van der Waals surface area contributed by atoms with Crippen molar-refractivity contribution in [3.63, 3.8) is 0 Å². The van der Waals surface area contributed by atoms with Gasteiger partial charge < -0.3 is 10.0 Å². The van der Waals surface area contributed by atoms with Gasteiger partial charge in [0.1, 0.15) is 0 Å². The number of alkyl halides is 1. The van der Waals surface area contributed by atoms with Gasteiger partial charge in [-0.05, 0) is 31.6 Å². The summed E-state index contributed by atoms with van der Waals surface area (Å²) in [5, 5.41) is 10.3. The van der Waals surface area contributed by atoms with E-state index in [0.717, 1.165) is 37.6 Å². The Labute approximate surface area is 99.0 Å². The highest BCUT2D eigenvalue weighted by atomic mass is 79.9. The van der Waals surface area contributed by atoms with E-state index in [9.17, 15) is 9.90 Å². The maximum atomic E-state index is 11.8. The number of carbonyl (C=O) groups is 1. The lowest BCUT2D eigenvalue weighted by Gasteiger charge is -2.33. The lowest BCUT2D eigenvalue weighted by Crippen LogP contribution is -2.40. The Morgan fingerprint density at radius 2 is 2.00 bits per heavy atom. The molecule has 1 N–H and O–H groups in total. The molecule has 1 saturated heterocycles. The molecule has 1 heterocycles. The maximum absolute atomic E-state index is 11.8. The molecule has 0 aromatic heterocycles. The largest absolute Gasteiger partial charge is 0.393 e. The number of carbonyl (C=O) groups excluding carboxylic acids is 1. The van der Waals surface area contributed by atoms with Gasteiger partial charge in [0.05, 0.1) is 6.10 Å². The van der Waals surface area contributed by atoms with Crippen LogP contribution >= 0.6 is 15.9 Å². The normalized spacial score (nSPS) is 37.3. The summed E-state index contributed by atoms with van der Waals surface area (Å²) in [6.07, 6.45) is 4.22. The Balaban J connectivity index is 1.91. The Hall–Kier alpha value is -0.0900. The minimum atomic E-state index is -0.133. The summed E-state index contributed by atoms with van der Waals surface area (Å²) in [6, 6.07) is 0.393. The lowest BCUT2D eigenvalue weighted by atomic mass is 9.92. The second-order valence-corrected chi connectivity index (χ2v) is 5.38. The van der Waals surface area contributed by atoms with Crippen LogP contribution in [0.15, 0.2) is 0 Å². The number of nitrogens with zero attached hydrogens (tertiary/aromatic N) is 1. The van der Waals surface area contributed by atoms with E-state index >= 15 is 0 Å². The molecule has 2 rings (SSSR count). The summed E-state index contributed by atoms with van der Waals surface area (Å²) < 4.78 is 0. The third-order valence-corrected chi connectivity index (χ3v) is 4.48. The van der Waals surface area contributed by atoms with Crippen molar-refractivity contribution in [1.82, 2.24) is 4.90 Å². The summed E-state index contributed by atoms with van der Waals surface area (Å²) in [4.78, 5) is 13.8. The minimum Gasteiger partial charge on any atom is -0.393 e. The predicted octanol–water partition coefficient (Wildman–Crippen LogP) is 1.53. The van der Waals surface area contributed by atoms with Crippen LogP contribution in [0, 0.1) is 5.92 Å². The van der Waals surface area contributed by atoms with Crippen LogP contribution in [-0.4, -0.2) is 39.9 Å². The van der Waals surface area contributed by atoms with E-state index in [4.69, 9.17) is 0 Å². The number of likely N-dealkylation sites (tertiary alicyclic amines) is 1. The molecule has 0 aromatic carbocycles. The third-order valence-electron chi connectivity index (χ3n) is 3.56. The Morgan fingerprint density at radius 1 is 1.33 bits per heavy atom. The molecule has 0 spiro atoms. The van der Waals surface area contributed by atoms with Gasteiger partial charge in [0.2, 0.25) is 5.91 Å². The first kappa shape index (κ1) is 11.4. The second kappa shape index (κ2) is 4.83. The van der Waals surface area contributed by atoms with E-state index in [-0.39, 0.29) is 6.10 Å². The van der Waals surface area contributed by atoms with Gasteiger partial charge in [-0.25, -0.2) is 0 Å². The smallest absolute Gasteiger partial charge is 0.223 e. The molecule has 4 heteroatoms. The molecule has 1 aliphatic heterocycles. The zero-order chi connectivity index (χ0) is 10.8. The highest BCUT2D eigenvalue weighted by Crippen LogP contribution is 2.29. The van der Waals surface area contributed by atoms with Crippen LogP contribution < -0.4 is 0 Å². The van der Waals surface area contributed by atoms with Crippen LogP contribution in [0.3, 0.4) is 0 Å². The van der Waals surface area contributed by atoms with Gasteiger partial charge in [-0.1, -0.05) is 15.9 Å². The molecule has 3 nitrogen and oxygen atoms in total. The predicted molar refractivity (Wildman–Crippen MR) is 61.9 cm³/mol. The van der Waals surface area contributed by atoms with Crippen LogP contribution in [0.25, 0.3) is 0 Å². The van der Waals surface area contributed by atoms with Crippen molar-refractivity contribution in [2.45, 2.75) is 44.2 Å². The van der Waals surface area contributed by atoms with Gasteiger partial charge in [0.15, 0.2) is 0 Å². The minimum absolute atomic E-state index is 0.133. The summed E-state index contributed by atoms with van der Waals surface area (Å²) in [5.41, 5.74) is 0. The molecule has 1 amide bonds. The number of hydrogen-bond donors (Lipinski definition) is 1. The summed E-state index contributed by atoms with van der Waals surface area (Å²) in [5.74, 6) is 0.796. The molecular formula is C11H18BrNO2. The number of hydrogen-bond acceptors (Lipinski definition) is 2. The molecular weight excluding hydrogens is 258 g/mol. The van der Waals surface area contributed by atoms with Crippen molar-refractivity contribution in [1.29, 1.82) is 0 Å². The molecule has 0 aromatic rings. The second-order valence-electron chi connectivity index (χ2n) is 4.73. The average Bonchev–Trinajstić information content (AvgIpc) is 2.61. The van der Waals surface area contributed by atoms with E-state index in [0.29, 0.717) is 24.3 Å². The van der Waals surface area contributed by atoms with E-state index in [2.05, 4.69) is 15.9 Å². The average molecular weight is 276 g/mol. The molecule has 1 atom stereocenters. The Kier molecular flexibility index (Phi) is 3.67. The first-order valence-electron chi connectivity index (χ1n) is 5.74. The van der Waals surface area contributed by atoms with Crippen molar-refractivity contribution >= 4 is 21.8 Å². The van der Waals surface area contributed by atoms with E-state index < -0.39 is 0 Å².